The SMILES string of the molecule is COc1cc2ncnc(Nc3ccc(F)c(Cl)c3F)c2cc1O[C@H]1CCN(C(=O)CN(C)C)C1. The number of nitrogens with zero attached hydrogens (tertiary/aromatic N) is 4. The van der Waals surface area contributed by atoms with E-state index in [4.69, 9.17) is 21.1 Å². The van der Waals surface area contributed by atoms with Gasteiger partial charge >= 0.3 is 0 Å². The molecule has 1 saturated heterocycles. The van der Waals surface area contributed by atoms with Gasteiger partial charge in [-0.1, -0.05) is 11.6 Å². The summed E-state index contributed by atoms with van der Waals surface area (Å²) in [5.74, 6) is -0.544. The minimum atomic E-state index is -0.924. The molecule has 2 aromatic carbocycles. The Morgan fingerprint density at radius 2 is 2.06 bits per heavy atom. The van der Waals surface area contributed by atoms with Crippen molar-refractivity contribution in [2.45, 2.75) is 12.5 Å². The van der Waals surface area contributed by atoms with Crippen LogP contribution in [0.2, 0.25) is 5.02 Å². The zero-order chi connectivity index (χ0) is 24.4. The third-order valence-electron chi connectivity index (χ3n) is 5.45. The predicted molar refractivity (Wildman–Crippen MR) is 125 cm³/mol. The number of amides is 1. The van der Waals surface area contributed by atoms with E-state index >= 15 is 0 Å². The number of halogens is 3. The molecule has 11 heteroatoms. The standard InChI is InChI=1S/C23H24ClF2N5O3/c1-30(2)11-20(32)31-7-6-13(10-31)34-19-8-14-17(9-18(19)33-3)27-12-28-23(14)29-16-5-4-15(25)21(24)22(16)26/h4-5,8-9,12-13H,6-7,10-11H2,1-3H3,(H,27,28,29)/t13-/m0/s1. The lowest BCUT2D eigenvalue weighted by molar-refractivity contribution is -0.131. The van der Waals surface area contributed by atoms with E-state index in [0.29, 0.717) is 48.5 Å². The first-order valence-electron chi connectivity index (χ1n) is 10.6. The lowest BCUT2D eigenvalue weighted by Gasteiger charge is -2.20. The number of anilines is 2. The molecule has 1 aromatic heterocycles. The fourth-order valence-corrected chi connectivity index (χ4v) is 3.93. The molecular weight excluding hydrogens is 468 g/mol. The molecule has 3 aromatic rings. The molecule has 1 atom stereocenters. The fourth-order valence-electron chi connectivity index (χ4n) is 3.77. The summed E-state index contributed by atoms with van der Waals surface area (Å²) >= 11 is 5.70. The number of likely N-dealkylation sites (tertiary alicyclic amines) is 1. The molecular formula is C23H24ClF2N5O3. The van der Waals surface area contributed by atoms with E-state index in [1.54, 1.807) is 17.0 Å². The molecule has 0 aliphatic carbocycles. The molecule has 0 spiro atoms. The van der Waals surface area contributed by atoms with Gasteiger partial charge in [0.15, 0.2) is 17.3 Å². The molecule has 8 nitrogen and oxygen atoms in total. The molecule has 1 aliphatic heterocycles. The van der Waals surface area contributed by atoms with Gasteiger partial charge in [-0.2, -0.15) is 0 Å². The highest BCUT2D eigenvalue weighted by Gasteiger charge is 2.28. The molecule has 1 aliphatic rings. The van der Waals surface area contributed by atoms with Crippen molar-refractivity contribution in [3.05, 3.63) is 47.2 Å². The number of rotatable bonds is 7. The number of ether oxygens (including phenoxy) is 2. The van der Waals surface area contributed by atoms with Crippen molar-refractivity contribution in [3.63, 3.8) is 0 Å². The van der Waals surface area contributed by atoms with Gasteiger partial charge in [-0.25, -0.2) is 18.7 Å². The van der Waals surface area contributed by atoms with Crippen LogP contribution in [0, 0.1) is 11.6 Å². The highest BCUT2D eigenvalue weighted by molar-refractivity contribution is 6.31. The molecule has 0 saturated carbocycles. The summed E-state index contributed by atoms with van der Waals surface area (Å²) in [4.78, 5) is 24.4. The molecule has 4 rings (SSSR count). The van der Waals surface area contributed by atoms with Crippen molar-refractivity contribution in [2.75, 3.05) is 46.2 Å². The number of carbonyl (C=O) groups is 1. The van der Waals surface area contributed by atoms with Crippen LogP contribution in [0.15, 0.2) is 30.6 Å². The van der Waals surface area contributed by atoms with Gasteiger partial charge in [0.2, 0.25) is 5.91 Å². The fraction of sp³-hybridized carbons (Fsp3) is 0.348. The summed E-state index contributed by atoms with van der Waals surface area (Å²) in [5.41, 5.74) is 0.500. The Kier molecular flexibility index (Phi) is 6.99. The van der Waals surface area contributed by atoms with Gasteiger partial charge < -0.3 is 24.6 Å². The highest BCUT2D eigenvalue weighted by Crippen LogP contribution is 2.37. The summed E-state index contributed by atoms with van der Waals surface area (Å²) in [7, 11) is 5.22. The van der Waals surface area contributed by atoms with Crippen LogP contribution in [0.4, 0.5) is 20.3 Å². The third-order valence-corrected chi connectivity index (χ3v) is 5.80. The number of hydrogen-bond acceptors (Lipinski definition) is 7. The first-order chi connectivity index (χ1) is 16.3. The maximum atomic E-state index is 14.4. The number of nitrogens with one attached hydrogen (secondary N) is 1. The van der Waals surface area contributed by atoms with E-state index in [1.807, 2.05) is 19.0 Å². The number of hydrogen-bond donors (Lipinski definition) is 1. The molecule has 0 bridgehead atoms. The van der Waals surface area contributed by atoms with Crippen molar-refractivity contribution in [1.82, 2.24) is 19.8 Å². The van der Waals surface area contributed by atoms with Crippen LogP contribution in [-0.2, 0) is 4.79 Å². The van der Waals surface area contributed by atoms with Gasteiger partial charge in [-0.3, -0.25) is 4.79 Å². The van der Waals surface area contributed by atoms with Crippen LogP contribution >= 0.6 is 11.6 Å². The largest absolute Gasteiger partial charge is 0.493 e. The normalized spacial score (nSPS) is 15.7. The Morgan fingerprint density at radius 1 is 1.26 bits per heavy atom. The summed E-state index contributed by atoms with van der Waals surface area (Å²) < 4.78 is 39.7. The number of fused-ring (bicyclic) bond motifs is 1. The lowest BCUT2D eigenvalue weighted by atomic mass is 10.2. The number of methoxy groups -OCH3 is 1. The van der Waals surface area contributed by atoms with Crippen molar-refractivity contribution in [3.8, 4) is 11.5 Å². The number of carbonyl (C=O) groups excluding carboxylic acids is 1. The van der Waals surface area contributed by atoms with Gasteiger partial charge in [0.05, 0.1) is 31.4 Å². The molecule has 0 unspecified atom stereocenters. The first-order valence-corrected chi connectivity index (χ1v) is 11.0. The third kappa shape index (κ3) is 4.97. The molecule has 34 heavy (non-hydrogen) atoms. The Balaban J connectivity index is 1.61. The molecule has 0 radical (unpaired) electrons. The number of aromatic nitrogens is 2. The average Bonchev–Trinajstić information content (AvgIpc) is 3.27. The Morgan fingerprint density at radius 3 is 2.79 bits per heavy atom. The second-order valence-corrected chi connectivity index (χ2v) is 8.57. The average molecular weight is 492 g/mol. The first kappa shape index (κ1) is 23.9. The van der Waals surface area contributed by atoms with E-state index in [9.17, 15) is 13.6 Å². The van der Waals surface area contributed by atoms with Crippen molar-refractivity contribution in [2.24, 2.45) is 0 Å². The second kappa shape index (κ2) is 9.94. The van der Waals surface area contributed by atoms with E-state index in [2.05, 4.69) is 15.3 Å². The monoisotopic (exact) mass is 491 g/mol. The Hall–Kier alpha value is -3.24. The van der Waals surface area contributed by atoms with Gasteiger partial charge in [0.25, 0.3) is 0 Å². The van der Waals surface area contributed by atoms with Crippen LogP contribution in [0.5, 0.6) is 11.5 Å². The summed E-state index contributed by atoms with van der Waals surface area (Å²) in [6, 6.07) is 5.70. The van der Waals surface area contributed by atoms with Gasteiger partial charge in [0.1, 0.15) is 29.1 Å². The molecule has 1 fully saturated rings. The van der Waals surface area contributed by atoms with Crippen LogP contribution in [0.25, 0.3) is 10.9 Å². The van der Waals surface area contributed by atoms with Crippen LogP contribution in [0.1, 0.15) is 6.42 Å². The van der Waals surface area contributed by atoms with Crippen molar-refractivity contribution >= 4 is 39.9 Å². The minimum Gasteiger partial charge on any atom is -0.493 e. The zero-order valence-corrected chi connectivity index (χ0v) is 19.7. The maximum absolute atomic E-state index is 14.4. The van der Waals surface area contributed by atoms with Gasteiger partial charge in [0, 0.05) is 24.4 Å². The second-order valence-electron chi connectivity index (χ2n) is 8.20. The van der Waals surface area contributed by atoms with E-state index < -0.39 is 16.7 Å². The summed E-state index contributed by atoms with van der Waals surface area (Å²) in [5, 5.41) is 2.78. The van der Waals surface area contributed by atoms with Gasteiger partial charge in [-0.05, 0) is 32.3 Å². The summed E-state index contributed by atoms with van der Waals surface area (Å²) in [6.45, 7) is 1.40. The Labute approximate surface area is 200 Å². The van der Waals surface area contributed by atoms with E-state index in [-0.39, 0.29) is 23.5 Å². The van der Waals surface area contributed by atoms with Gasteiger partial charge in [-0.15, -0.1) is 0 Å². The highest BCUT2D eigenvalue weighted by atomic mass is 35.5. The summed E-state index contributed by atoms with van der Waals surface area (Å²) in [6.07, 6.45) is 1.78. The number of benzene rings is 2. The van der Waals surface area contributed by atoms with E-state index in [1.165, 1.54) is 19.5 Å². The smallest absolute Gasteiger partial charge is 0.236 e. The molecule has 180 valence electrons. The van der Waals surface area contributed by atoms with Crippen LogP contribution < -0.4 is 14.8 Å². The maximum Gasteiger partial charge on any atom is 0.236 e. The lowest BCUT2D eigenvalue weighted by Crippen LogP contribution is -2.37. The van der Waals surface area contributed by atoms with Crippen LogP contribution in [0.3, 0.4) is 0 Å². The molecule has 2 heterocycles. The van der Waals surface area contributed by atoms with E-state index in [0.717, 1.165) is 6.07 Å². The Bertz CT molecular complexity index is 1230. The van der Waals surface area contributed by atoms with Crippen molar-refractivity contribution in [1.29, 1.82) is 0 Å². The zero-order valence-electron chi connectivity index (χ0n) is 18.9. The van der Waals surface area contributed by atoms with Crippen molar-refractivity contribution < 1.29 is 23.0 Å². The minimum absolute atomic E-state index is 0.0319. The molecule has 1 N–H and O–H groups in total. The number of likely N-dealkylation sites (N-methyl/N-ethyl adjacent to an activating group) is 1. The quantitative estimate of drug-likeness (QED) is 0.503. The molecule has 1 amide bonds. The predicted octanol–water partition coefficient (Wildman–Crippen LogP) is 3.85. The van der Waals surface area contributed by atoms with Crippen LogP contribution in [-0.4, -0.2) is 72.6 Å². The topological polar surface area (TPSA) is 79.8 Å².